The Morgan fingerprint density at radius 3 is 1.60 bits per heavy atom. The van der Waals surface area contributed by atoms with Crippen LogP contribution in [0.3, 0.4) is 0 Å². The minimum Gasteiger partial charge on any atom is -0.462 e. The lowest BCUT2D eigenvalue weighted by atomic mass is 10.0. The molecule has 0 aliphatic carbocycles. The second-order valence-electron chi connectivity index (χ2n) is 12.8. The van der Waals surface area contributed by atoms with Crippen molar-refractivity contribution in [1.29, 1.82) is 0 Å². The van der Waals surface area contributed by atoms with Gasteiger partial charge in [-0.2, -0.15) is 0 Å². The molecule has 50 heavy (non-hydrogen) atoms. The molecule has 0 saturated heterocycles. The van der Waals surface area contributed by atoms with Crippen LogP contribution in [0.4, 0.5) is 0 Å². The number of hydrogen-bond acceptors (Lipinski definition) is 8. The van der Waals surface area contributed by atoms with Crippen LogP contribution in [0.25, 0.3) is 0 Å². The van der Waals surface area contributed by atoms with Crippen LogP contribution in [-0.2, 0) is 32.7 Å². The van der Waals surface area contributed by atoms with Crippen LogP contribution in [0.5, 0.6) is 0 Å². The fraction of sp³-hybridized carbons (Fsp3) is 0.750. The van der Waals surface area contributed by atoms with E-state index in [2.05, 4.69) is 56.4 Å². The largest absolute Gasteiger partial charge is 0.472 e. The quantitative estimate of drug-likeness (QED) is 0.0280. The van der Waals surface area contributed by atoms with E-state index in [4.69, 9.17) is 24.3 Å². The number of ether oxygens (including phenoxy) is 2. The summed E-state index contributed by atoms with van der Waals surface area (Å²) in [5.74, 6) is -0.896. The van der Waals surface area contributed by atoms with E-state index in [0.717, 1.165) is 38.5 Å². The summed E-state index contributed by atoms with van der Waals surface area (Å²) in [4.78, 5) is 34.7. The van der Waals surface area contributed by atoms with E-state index < -0.39 is 32.5 Å². The Balaban J connectivity index is 4.32. The molecule has 0 aromatic heterocycles. The molecule has 0 bridgehead atoms. The predicted molar refractivity (Wildman–Crippen MR) is 206 cm³/mol. The third-order valence-corrected chi connectivity index (χ3v) is 8.95. The van der Waals surface area contributed by atoms with Crippen LogP contribution in [0, 0.1) is 0 Å². The second kappa shape index (κ2) is 36.8. The number of phosphoric ester groups is 1. The van der Waals surface area contributed by atoms with Crippen molar-refractivity contribution in [2.75, 3.05) is 26.4 Å². The van der Waals surface area contributed by atoms with Gasteiger partial charge < -0.3 is 20.1 Å². The fourth-order valence-electron chi connectivity index (χ4n) is 5.04. The second-order valence-corrected chi connectivity index (χ2v) is 14.3. The van der Waals surface area contributed by atoms with E-state index in [-0.39, 0.29) is 32.6 Å². The number of allylic oxidation sites excluding steroid dienone is 8. The van der Waals surface area contributed by atoms with Crippen molar-refractivity contribution in [1.82, 2.24) is 0 Å². The van der Waals surface area contributed by atoms with Gasteiger partial charge in [-0.05, 0) is 51.4 Å². The summed E-state index contributed by atoms with van der Waals surface area (Å²) < 4.78 is 32.6. The summed E-state index contributed by atoms with van der Waals surface area (Å²) in [6.45, 7) is 3.62. The van der Waals surface area contributed by atoms with Crippen molar-refractivity contribution in [3.63, 3.8) is 0 Å². The maximum Gasteiger partial charge on any atom is 0.472 e. The highest BCUT2D eigenvalue weighted by atomic mass is 31.2. The zero-order valence-corrected chi connectivity index (χ0v) is 32.5. The Hall–Kier alpha value is -2.03. The van der Waals surface area contributed by atoms with Crippen LogP contribution in [0.1, 0.15) is 162 Å². The molecule has 1 unspecified atom stereocenters. The normalized spacial score (nSPS) is 13.9. The van der Waals surface area contributed by atoms with Gasteiger partial charge in [0.15, 0.2) is 6.10 Å². The van der Waals surface area contributed by atoms with Gasteiger partial charge in [-0.25, -0.2) is 4.57 Å². The molecule has 0 spiro atoms. The lowest BCUT2D eigenvalue weighted by Crippen LogP contribution is -2.29. The third kappa shape index (κ3) is 35.8. The highest BCUT2D eigenvalue weighted by Crippen LogP contribution is 2.43. The molecule has 2 atom stereocenters. The van der Waals surface area contributed by atoms with Gasteiger partial charge in [-0.1, -0.05) is 146 Å². The van der Waals surface area contributed by atoms with E-state index in [0.29, 0.717) is 12.8 Å². The van der Waals surface area contributed by atoms with Crippen molar-refractivity contribution in [2.24, 2.45) is 5.73 Å². The zero-order valence-electron chi connectivity index (χ0n) is 31.6. The highest BCUT2D eigenvalue weighted by Gasteiger charge is 2.25. The van der Waals surface area contributed by atoms with Crippen LogP contribution < -0.4 is 5.73 Å². The Morgan fingerprint density at radius 2 is 1.06 bits per heavy atom. The van der Waals surface area contributed by atoms with Crippen molar-refractivity contribution >= 4 is 19.8 Å². The lowest BCUT2D eigenvalue weighted by Gasteiger charge is -2.19. The average Bonchev–Trinajstić information content (AvgIpc) is 3.10. The van der Waals surface area contributed by atoms with Gasteiger partial charge in [0.05, 0.1) is 13.2 Å². The number of carbonyl (C=O) groups is 2. The number of phosphoric acid groups is 1. The molecule has 0 fully saturated rings. The van der Waals surface area contributed by atoms with Crippen molar-refractivity contribution < 1.29 is 37.6 Å². The molecule has 3 N–H and O–H groups in total. The molecule has 0 rings (SSSR count). The molecular weight excluding hydrogens is 653 g/mol. The summed E-state index contributed by atoms with van der Waals surface area (Å²) in [7, 11) is -4.38. The van der Waals surface area contributed by atoms with Gasteiger partial charge in [-0.15, -0.1) is 0 Å². The van der Waals surface area contributed by atoms with Crippen molar-refractivity contribution in [3.8, 4) is 0 Å². The molecule has 10 heteroatoms. The monoisotopic (exact) mass is 725 g/mol. The molecule has 0 heterocycles. The van der Waals surface area contributed by atoms with Crippen LogP contribution in [-0.4, -0.2) is 49.3 Å². The topological polar surface area (TPSA) is 134 Å². The zero-order chi connectivity index (χ0) is 36.8. The van der Waals surface area contributed by atoms with Crippen LogP contribution in [0.2, 0.25) is 0 Å². The predicted octanol–water partition coefficient (Wildman–Crippen LogP) is 10.8. The molecule has 0 aromatic rings. The lowest BCUT2D eigenvalue weighted by molar-refractivity contribution is -0.161. The van der Waals surface area contributed by atoms with Gasteiger partial charge in [-0.3, -0.25) is 18.6 Å². The first kappa shape index (κ1) is 48.0. The SMILES string of the molecule is CCCCCC=CCC=CCC=CCC=CCCCC(=O)O[C@H](COC(=O)CCCCCCCCCCCCCC)COP(=O)(O)OCCN. The first-order valence-corrected chi connectivity index (χ1v) is 21.1. The standard InChI is InChI=1S/C40H72NO8P/c1-3-5-7-9-11-13-15-17-18-19-20-21-23-25-27-29-31-33-40(43)49-38(37-48-50(44,45)47-35-34-41)36-46-39(42)32-30-28-26-24-22-16-14-12-10-8-6-4-2/h11,13,17-18,20-21,25,27,38H,3-10,12,14-16,19,22-24,26,28-37,41H2,1-2H3,(H,44,45)/t38-/m1/s1. The molecule has 0 aromatic carbocycles. The fourth-order valence-corrected chi connectivity index (χ4v) is 5.80. The molecule has 9 nitrogen and oxygen atoms in total. The first-order chi connectivity index (χ1) is 24.3. The smallest absolute Gasteiger partial charge is 0.462 e. The molecule has 0 aliphatic rings. The molecule has 0 aliphatic heterocycles. The van der Waals surface area contributed by atoms with E-state index in [9.17, 15) is 19.0 Å². The Kier molecular flexibility index (Phi) is 35.3. The molecular formula is C40H72NO8P. The van der Waals surface area contributed by atoms with E-state index >= 15 is 0 Å². The van der Waals surface area contributed by atoms with Gasteiger partial charge in [0, 0.05) is 19.4 Å². The molecule has 0 saturated carbocycles. The number of nitrogens with two attached hydrogens (primary N) is 1. The number of esters is 2. The van der Waals surface area contributed by atoms with Crippen LogP contribution >= 0.6 is 7.82 Å². The molecule has 0 amide bonds. The Morgan fingerprint density at radius 1 is 0.600 bits per heavy atom. The number of unbranched alkanes of at least 4 members (excludes halogenated alkanes) is 15. The van der Waals surface area contributed by atoms with Crippen molar-refractivity contribution in [2.45, 2.75) is 168 Å². The van der Waals surface area contributed by atoms with Crippen molar-refractivity contribution in [3.05, 3.63) is 48.6 Å². The van der Waals surface area contributed by atoms with E-state index in [1.54, 1.807) is 0 Å². The van der Waals surface area contributed by atoms with Gasteiger partial charge in [0.1, 0.15) is 6.61 Å². The molecule has 0 radical (unpaired) electrons. The minimum atomic E-state index is -4.38. The Bertz CT molecular complexity index is 965. The summed E-state index contributed by atoms with van der Waals surface area (Å²) >= 11 is 0. The van der Waals surface area contributed by atoms with Gasteiger partial charge in [0.2, 0.25) is 0 Å². The van der Waals surface area contributed by atoms with Gasteiger partial charge >= 0.3 is 19.8 Å². The highest BCUT2D eigenvalue weighted by molar-refractivity contribution is 7.47. The number of carbonyl (C=O) groups excluding carboxylic acids is 2. The van der Waals surface area contributed by atoms with Gasteiger partial charge in [0.25, 0.3) is 0 Å². The number of rotatable bonds is 36. The summed E-state index contributed by atoms with van der Waals surface area (Å²) in [6, 6.07) is 0. The summed E-state index contributed by atoms with van der Waals surface area (Å²) in [5.41, 5.74) is 5.33. The maximum absolute atomic E-state index is 12.5. The van der Waals surface area contributed by atoms with E-state index in [1.165, 1.54) is 83.5 Å². The Labute approximate surface area is 305 Å². The summed E-state index contributed by atoms with van der Waals surface area (Å²) in [5, 5.41) is 0. The molecule has 290 valence electrons. The average molecular weight is 726 g/mol. The third-order valence-electron chi connectivity index (χ3n) is 7.97. The maximum atomic E-state index is 12.5. The number of hydrogen-bond donors (Lipinski definition) is 2. The van der Waals surface area contributed by atoms with Crippen LogP contribution in [0.15, 0.2) is 48.6 Å². The first-order valence-electron chi connectivity index (χ1n) is 19.6. The van der Waals surface area contributed by atoms with E-state index in [1.807, 2.05) is 6.08 Å². The summed E-state index contributed by atoms with van der Waals surface area (Å²) in [6.07, 6.45) is 40.0. The minimum absolute atomic E-state index is 0.0441.